The number of halogens is 1. The maximum Gasteiger partial charge on any atom is 0.339 e. The van der Waals surface area contributed by atoms with Crippen LogP contribution in [0.4, 0.5) is 4.39 Å². The summed E-state index contributed by atoms with van der Waals surface area (Å²) in [5, 5.41) is 9.16. The zero-order chi connectivity index (χ0) is 14.7. The molecule has 0 heterocycles. The summed E-state index contributed by atoms with van der Waals surface area (Å²) in [4.78, 5) is 11.2. The first-order valence-electron chi connectivity index (χ1n) is 5.82. The molecule has 1 N–H and O–H groups in total. The van der Waals surface area contributed by atoms with Crippen LogP contribution in [0.15, 0.2) is 36.4 Å². The summed E-state index contributed by atoms with van der Waals surface area (Å²) in [5.74, 6) is -1.10. The Morgan fingerprint density at radius 1 is 1.10 bits per heavy atom. The van der Waals surface area contributed by atoms with Crippen molar-refractivity contribution in [3.63, 3.8) is 0 Å². The topological polar surface area (TPSA) is 55.8 Å². The minimum absolute atomic E-state index is 0.273. The molecule has 2 aromatic carbocycles. The van der Waals surface area contributed by atoms with Gasteiger partial charge in [-0.3, -0.25) is 0 Å². The van der Waals surface area contributed by atoms with E-state index in [2.05, 4.69) is 0 Å². The van der Waals surface area contributed by atoms with Gasteiger partial charge < -0.3 is 14.6 Å². The third-order valence-corrected chi connectivity index (χ3v) is 2.89. The first-order chi connectivity index (χ1) is 9.56. The largest absolute Gasteiger partial charge is 0.497 e. The summed E-state index contributed by atoms with van der Waals surface area (Å²) < 4.78 is 24.0. The van der Waals surface area contributed by atoms with Crippen molar-refractivity contribution in [2.45, 2.75) is 0 Å². The molecule has 0 aliphatic rings. The van der Waals surface area contributed by atoms with Gasteiger partial charge in [0.25, 0.3) is 0 Å². The van der Waals surface area contributed by atoms with Crippen LogP contribution in [-0.2, 0) is 0 Å². The summed E-state index contributed by atoms with van der Waals surface area (Å²) in [6.07, 6.45) is 0. The van der Waals surface area contributed by atoms with Gasteiger partial charge in [-0.1, -0.05) is 12.1 Å². The van der Waals surface area contributed by atoms with Crippen molar-refractivity contribution in [2.24, 2.45) is 0 Å². The molecular weight excluding hydrogens is 263 g/mol. The second-order valence-electron chi connectivity index (χ2n) is 4.07. The SMILES string of the molecule is COc1cc(OC)cc(-c2cccc(F)c2C(=O)O)c1. The summed E-state index contributed by atoms with van der Waals surface area (Å²) >= 11 is 0. The number of benzene rings is 2. The lowest BCUT2D eigenvalue weighted by molar-refractivity contribution is 0.0693. The molecule has 2 aromatic rings. The molecule has 2 rings (SSSR count). The molecule has 0 aliphatic heterocycles. The van der Waals surface area contributed by atoms with E-state index >= 15 is 0 Å². The number of carboxylic acids is 1. The van der Waals surface area contributed by atoms with Gasteiger partial charge in [-0.25, -0.2) is 9.18 Å². The van der Waals surface area contributed by atoms with Crippen LogP contribution < -0.4 is 9.47 Å². The Kier molecular flexibility index (Phi) is 3.89. The van der Waals surface area contributed by atoms with E-state index in [1.54, 1.807) is 24.3 Å². The fourth-order valence-electron chi connectivity index (χ4n) is 1.94. The van der Waals surface area contributed by atoms with Gasteiger partial charge >= 0.3 is 5.97 Å². The predicted octanol–water partition coefficient (Wildman–Crippen LogP) is 3.21. The summed E-state index contributed by atoms with van der Waals surface area (Å²) in [6, 6.07) is 9.03. The van der Waals surface area contributed by atoms with Crippen LogP contribution in [0.25, 0.3) is 11.1 Å². The van der Waals surface area contributed by atoms with Crippen LogP contribution in [0.3, 0.4) is 0 Å². The van der Waals surface area contributed by atoms with E-state index in [9.17, 15) is 9.18 Å². The second-order valence-corrected chi connectivity index (χ2v) is 4.07. The number of ether oxygens (including phenoxy) is 2. The molecule has 104 valence electrons. The zero-order valence-electron chi connectivity index (χ0n) is 11.0. The fraction of sp³-hybridized carbons (Fsp3) is 0.133. The number of hydrogen-bond acceptors (Lipinski definition) is 3. The molecule has 0 unspecified atom stereocenters. The predicted molar refractivity (Wildman–Crippen MR) is 71.9 cm³/mol. The number of aromatic carboxylic acids is 1. The van der Waals surface area contributed by atoms with Crippen LogP contribution >= 0.6 is 0 Å². The van der Waals surface area contributed by atoms with Gasteiger partial charge in [0.2, 0.25) is 0 Å². The molecule has 0 aromatic heterocycles. The van der Waals surface area contributed by atoms with Gasteiger partial charge in [0.05, 0.1) is 14.2 Å². The van der Waals surface area contributed by atoms with Crippen molar-refractivity contribution < 1.29 is 23.8 Å². The lowest BCUT2D eigenvalue weighted by Crippen LogP contribution is -2.03. The third kappa shape index (κ3) is 2.56. The summed E-state index contributed by atoms with van der Waals surface area (Å²) in [6.45, 7) is 0. The molecule has 0 amide bonds. The number of hydrogen-bond donors (Lipinski definition) is 1. The van der Waals surface area contributed by atoms with Crippen LogP contribution in [0.5, 0.6) is 11.5 Å². The van der Waals surface area contributed by atoms with Crippen LogP contribution in [0, 0.1) is 5.82 Å². The van der Waals surface area contributed by atoms with Crippen molar-refractivity contribution in [1.29, 1.82) is 0 Å². The number of carbonyl (C=O) groups is 1. The molecule has 0 aliphatic carbocycles. The molecule has 0 saturated heterocycles. The fourth-order valence-corrected chi connectivity index (χ4v) is 1.94. The minimum Gasteiger partial charge on any atom is -0.497 e. The van der Waals surface area contributed by atoms with E-state index in [0.717, 1.165) is 6.07 Å². The molecule has 0 fully saturated rings. The molecular formula is C15H13FO4. The highest BCUT2D eigenvalue weighted by atomic mass is 19.1. The third-order valence-electron chi connectivity index (χ3n) is 2.89. The Morgan fingerprint density at radius 3 is 2.20 bits per heavy atom. The normalized spacial score (nSPS) is 10.2. The van der Waals surface area contributed by atoms with Gasteiger partial charge in [0.1, 0.15) is 22.9 Å². The number of methoxy groups -OCH3 is 2. The van der Waals surface area contributed by atoms with E-state index in [1.165, 1.54) is 20.3 Å². The Hall–Kier alpha value is -2.56. The lowest BCUT2D eigenvalue weighted by atomic mass is 9.98. The van der Waals surface area contributed by atoms with E-state index in [1.807, 2.05) is 0 Å². The van der Waals surface area contributed by atoms with Crippen molar-refractivity contribution in [1.82, 2.24) is 0 Å². The number of rotatable bonds is 4. The average molecular weight is 276 g/mol. The lowest BCUT2D eigenvalue weighted by Gasteiger charge is -2.11. The first kappa shape index (κ1) is 13.9. The highest BCUT2D eigenvalue weighted by Gasteiger charge is 2.17. The Labute approximate surface area is 115 Å². The molecule has 5 heteroatoms. The molecule has 0 radical (unpaired) electrons. The average Bonchev–Trinajstić information content (AvgIpc) is 2.45. The standard InChI is InChI=1S/C15H13FO4/c1-19-10-6-9(7-11(8-10)20-2)12-4-3-5-13(16)14(12)15(17)18/h3-8H,1-2H3,(H,17,18). The Morgan fingerprint density at radius 2 is 1.70 bits per heavy atom. The van der Waals surface area contributed by atoms with Gasteiger partial charge in [0.15, 0.2) is 0 Å². The van der Waals surface area contributed by atoms with Gasteiger partial charge in [0, 0.05) is 6.07 Å². The van der Waals surface area contributed by atoms with Crippen LogP contribution in [0.1, 0.15) is 10.4 Å². The highest BCUT2D eigenvalue weighted by Crippen LogP contribution is 2.32. The second kappa shape index (κ2) is 5.61. The monoisotopic (exact) mass is 276 g/mol. The van der Waals surface area contributed by atoms with E-state index in [-0.39, 0.29) is 11.1 Å². The Bertz CT molecular complexity index is 630. The summed E-state index contributed by atoms with van der Waals surface area (Å²) in [5.41, 5.74) is 0.413. The van der Waals surface area contributed by atoms with E-state index in [0.29, 0.717) is 17.1 Å². The van der Waals surface area contributed by atoms with E-state index < -0.39 is 11.8 Å². The molecule has 20 heavy (non-hydrogen) atoms. The van der Waals surface area contributed by atoms with Gasteiger partial charge in [-0.05, 0) is 29.3 Å². The molecule has 0 spiro atoms. The van der Waals surface area contributed by atoms with Crippen molar-refractivity contribution >= 4 is 5.97 Å². The van der Waals surface area contributed by atoms with Gasteiger partial charge in [-0.2, -0.15) is 0 Å². The molecule has 0 atom stereocenters. The maximum absolute atomic E-state index is 13.7. The number of carboxylic acid groups (broad SMARTS) is 1. The van der Waals surface area contributed by atoms with Gasteiger partial charge in [-0.15, -0.1) is 0 Å². The first-order valence-corrected chi connectivity index (χ1v) is 5.82. The molecule has 4 nitrogen and oxygen atoms in total. The molecule has 0 bridgehead atoms. The van der Waals surface area contributed by atoms with Crippen molar-refractivity contribution in [3.8, 4) is 22.6 Å². The summed E-state index contributed by atoms with van der Waals surface area (Å²) in [7, 11) is 2.98. The van der Waals surface area contributed by atoms with Crippen LogP contribution in [-0.4, -0.2) is 25.3 Å². The van der Waals surface area contributed by atoms with Crippen LogP contribution in [0.2, 0.25) is 0 Å². The van der Waals surface area contributed by atoms with Crippen molar-refractivity contribution in [3.05, 3.63) is 47.8 Å². The minimum atomic E-state index is -1.32. The van der Waals surface area contributed by atoms with Crippen molar-refractivity contribution in [2.75, 3.05) is 14.2 Å². The highest BCUT2D eigenvalue weighted by molar-refractivity contribution is 5.96. The maximum atomic E-state index is 13.7. The Balaban J connectivity index is 2.68. The van der Waals surface area contributed by atoms with E-state index in [4.69, 9.17) is 14.6 Å². The smallest absolute Gasteiger partial charge is 0.339 e. The zero-order valence-corrected chi connectivity index (χ0v) is 11.0. The quantitative estimate of drug-likeness (QED) is 0.931. The molecule has 0 saturated carbocycles.